The van der Waals surface area contributed by atoms with Crippen molar-refractivity contribution in [2.75, 3.05) is 24.3 Å². The van der Waals surface area contributed by atoms with Gasteiger partial charge in [-0.25, -0.2) is 0 Å². The van der Waals surface area contributed by atoms with Crippen molar-refractivity contribution in [1.29, 1.82) is 0 Å². The van der Waals surface area contributed by atoms with Crippen LogP contribution < -0.4 is 15.4 Å². The summed E-state index contributed by atoms with van der Waals surface area (Å²) < 4.78 is 5.38. The molecule has 2 aromatic carbocycles. The van der Waals surface area contributed by atoms with Crippen LogP contribution in [0.2, 0.25) is 0 Å². The maximum Gasteiger partial charge on any atom is 0.244 e. The van der Waals surface area contributed by atoms with Crippen LogP contribution in [0.25, 0.3) is 0 Å². The van der Waals surface area contributed by atoms with Gasteiger partial charge >= 0.3 is 0 Å². The molecule has 3 rings (SSSR count). The summed E-state index contributed by atoms with van der Waals surface area (Å²) >= 11 is 0. The van der Waals surface area contributed by atoms with E-state index in [-0.39, 0.29) is 0 Å². The highest BCUT2D eigenvalue weighted by molar-refractivity contribution is 5.65. The Kier molecular flexibility index (Phi) is 5.98. The minimum Gasteiger partial charge on any atom is -0.495 e. The van der Waals surface area contributed by atoms with Gasteiger partial charge in [-0.15, -0.1) is 5.10 Å². The predicted molar refractivity (Wildman–Crippen MR) is 104 cm³/mol. The van der Waals surface area contributed by atoms with Crippen molar-refractivity contribution in [3.05, 3.63) is 65.9 Å². The molecule has 1 heterocycles. The van der Waals surface area contributed by atoms with Gasteiger partial charge < -0.3 is 15.4 Å². The van der Waals surface area contributed by atoms with Gasteiger partial charge in [-0.1, -0.05) is 36.4 Å². The summed E-state index contributed by atoms with van der Waals surface area (Å²) in [5.41, 5.74) is 3.31. The van der Waals surface area contributed by atoms with Crippen LogP contribution in [-0.4, -0.2) is 28.8 Å². The van der Waals surface area contributed by atoms with Gasteiger partial charge in [0, 0.05) is 6.54 Å². The fourth-order valence-electron chi connectivity index (χ4n) is 2.63. The van der Waals surface area contributed by atoms with E-state index in [9.17, 15) is 0 Å². The number of hydrogen-bond acceptors (Lipinski definition) is 6. The van der Waals surface area contributed by atoms with Crippen molar-refractivity contribution in [2.45, 2.75) is 19.8 Å². The van der Waals surface area contributed by atoms with E-state index in [2.05, 4.69) is 50.1 Å². The molecular weight excluding hydrogens is 326 g/mol. The second-order valence-corrected chi connectivity index (χ2v) is 6.01. The Labute approximate surface area is 153 Å². The second kappa shape index (κ2) is 8.80. The highest BCUT2D eigenvalue weighted by atomic mass is 16.5. The first-order valence-electron chi connectivity index (χ1n) is 8.64. The average Bonchev–Trinajstić information content (AvgIpc) is 2.67. The molecule has 0 aliphatic rings. The molecule has 0 amide bonds. The highest BCUT2D eigenvalue weighted by Gasteiger charge is 2.06. The molecule has 0 atom stereocenters. The van der Waals surface area contributed by atoms with Crippen molar-refractivity contribution in [3.63, 3.8) is 0 Å². The number of ether oxygens (including phenoxy) is 1. The molecule has 3 aromatic rings. The highest BCUT2D eigenvalue weighted by Crippen LogP contribution is 2.27. The van der Waals surface area contributed by atoms with Crippen LogP contribution in [-0.2, 0) is 6.42 Å². The lowest BCUT2D eigenvalue weighted by atomic mass is 10.1. The van der Waals surface area contributed by atoms with E-state index in [1.165, 1.54) is 5.56 Å². The van der Waals surface area contributed by atoms with Crippen LogP contribution in [0, 0.1) is 6.92 Å². The van der Waals surface area contributed by atoms with E-state index in [4.69, 9.17) is 4.74 Å². The lowest BCUT2D eigenvalue weighted by Crippen LogP contribution is -2.08. The van der Waals surface area contributed by atoms with E-state index >= 15 is 0 Å². The van der Waals surface area contributed by atoms with Crippen molar-refractivity contribution in [3.8, 4) is 5.75 Å². The first-order valence-corrected chi connectivity index (χ1v) is 8.64. The maximum atomic E-state index is 5.38. The molecule has 1 aromatic heterocycles. The lowest BCUT2D eigenvalue weighted by molar-refractivity contribution is 0.416. The summed E-state index contributed by atoms with van der Waals surface area (Å²) in [4.78, 5) is 4.47. The largest absolute Gasteiger partial charge is 0.495 e. The van der Waals surface area contributed by atoms with Gasteiger partial charge in [-0.3, -0.25) is 0 Å². The summed E-state index contributed by atoms with van der Waals surface area (Å²) in [6.45, 7) is 2.82. The van der Waals surface area contributed by atoms with E-state index in [0.29, 0.717) is 11.8 Å². The van der Waals surface area contributed by atoms with Gasteiger partial charge in [0.15, 0.2) is 5.82 Å². The standard InChI is InChI=1S/C20H23N5O/c1-15-10-11-18(26-2)17(13-15)23-19-14-22-25-20(24-19)21-12-6-9-16-7-4-3-5-8-16/h3-5,7-8,10-11,13-14H,6,9,12H2,1-2H3,(H2,21,23,24,25). The fourth-order valence-corrected chi connectivity index (χ4v) is 2.63. The monoisotopic (exact) mass is 349 g/mol. The van der Waals surface area contributed by atoms with Crippen LogP contribution in [0.4, 0.5) is 17.5 Å². The predicted octanol–water partition coefficient (Wildman–Crippen LogP) is 3.98. The number of rotatable bonds is 8. The third kappa shape index (κ3) is 4.92. The molecule has 0 aliphatic carbocycles. The van der Waals surface area contributed by atoms with Crippen LogP contribution in [0.3, 0.4) is 0 Å². The number of anilines is 3. The van der Waals surface area contributed by atoms with Crippen LogP contribution >= 0.6 is 0 Å². The van der Waals surface area contributed by atoms with E-state index in [1.807, 2.05) is 31.2 Å². The Bertz CT molecular complexity index is 839. The summed E-state index contributed by atoms with van der Waals surface area (Å²) in [6.07, 6.45) is 3.60. The lowest BCUT2D eigenvalue weighted by Gasteiger charge is -2.12. The number of hydrogen-bond donors (Lipinski definition) is 2. The zero-order valence-electron chi connectivity index (χ0n) is 15.1. The van der Waals surface area contributed by atoms with Gasteiger partial charge in [0.05, 0.1) is 19.0 Å². The van der Waals surface area contributed by atoms with Gasteiger partial charge in [-0.05, 0) is 43.0 Å². The third-order valence-corrected chi connectivity index (χ3v) is 3.94. The van der Waals surface area contributed by atoms with Gasteiger partial charge in [0.1, 0.15) is 5.75 Å². The molecule has 134 valence electrons. The third-order valence-electron chi connectivity index (χ3n) is 3.94. The molecule has 0 saturated heterocycles. The van der Waals surface area contributed by atoms with E-state index < -0.39 is 0 Å². The molecule has 6 nitrogen and oxygen atoms in total. The minimum atomic E-state index is 0.509. The quantitative estimate of drug-likeness (QED) is 0.600. The molecule has 0 fully saturated rings. The zero-order chi connectivity index (χ0) is 18.2. The Morgan fingerprint density at radius 1 is 1.08 bits per heavy atom. The first kappa shape index (κ1) is 17.7. The normalized spacial score (nSPS) is 10.4. The van der Waals surface area contributed by atoms with Crippen LogP contribution in [0.5, 0.6) is 5.75 Å². The van der Waals surface area contributed by atoms with Crippen molar-refractivity contribution >= 4 is 17.5 Å². The van der Waals surface area contributed by atoms with Crippen molar-refractivity contribution in [2.24, 2.45) is 0 Å². The van der Waals surface area contributed by atoms with Crippen LogP contribution in [0.15, 0.2) is 54.7 Å². The SMILES string of the molecule is COc1ccc(C)cc1Nc1cnnc(NCCCc2ccccc2)n1. The molecular formula is C20H23N5O. The number of aryl methyl sites for hydroxylation is 2. The smallest absolute Gasteiger partial charge is 0.244 e. The topological polar surface area (TPSA) is 72.0 Å². The molecule has 0 bridgehead atoms. The van der Waals surface area contributed by atoms with Gasteiger partial charge in [-0.2, -0.15) is 10.1 Å². The summed E-state index contributed by atoms with van der Waals surface area (Å²) in [5.74, 6) is 1.88. The molecule has 0 unspecified atom stereocenters. The van der Waals surface area contributed by atoms with Gasteiger partial charge in [0.2, 0.25) is 5.95 Å². The van der Waals surface area contributed by atoms with E-state index in [1.54, 1.807) is 13.3 Å². The minimum absolute atomic E-state index is 0.509. The Balaban J connectivity index is 1.57. The Morgan fingerprint density at radius 2 is 1.92 bits per heavy atom. The number of aromatic nitrogens is 3. The van der Waals surface area contributed by atoms with Crippen LogP contribution in [0.1, 0.15) is 17.5 Å². The molecule has 0 spiro atoms. The van der Waals surface area contributed by atoms with Crippen molar-refractivity contribution < 1.29 is 4.74 Å². The number of nitrogens with one attached hydrogen (secondary N) is 2. The molecule has 0 radical (unpaired) electrons. The maximum absolute atomic E-state index is 5.38. The van der Waals surface area contributed by atoms with Crippen molar-refractivity contribution in [1.82, 2.24) is 15.2 Å². The zero-order valence-corrected chi connectivity index (χ0v) is 15.1. The molecule has 0 saturated carbocycles. The number of nitrogens with zero attached hydrogens (tertiary/aromatic N) is 3. The number of benzene rings is 2. The number of methoxy groups -OCH3 is 1. The summed E-state index contributed by atoms with van der Waals surface area (Å²) in [7, 11) is 1.65. The molecule has 6 heteroatoms. The molecule has 26 heavy (non-hydrogen) atoms. The summed E-state index contributed by atoms with van der Waals surface area (Å²) in [5, 5.41) is 14.5. The summed E-state index contributed by atoms with van der Waals surface area (Å²) in [6, 6.07) is 16.4. The van der Waals surface area contributed by atoms with Gasteiger partial charge in [0.25, 0.3) is 0 Å². The Hall–Kier alpha value is -3.15. The fraction of sp³-hybridized carbons (Fsp3) is 0.250. The molecule has 0 aliphatic heterocycles. The second-order valence-electron chi connectivity index (χ2n) is 6.01. The Morgan fingerprint density at radius 3 is 2.73 bits per heavy atom. The first-order chi connectivity index (χ1) is 12.7. The van der Waals surface area contributed by atoms with E-state index in [0.717, 1.165) is 36.4 Å². The molecule has 2 N–H and O–H groups in total. The average molecular weight is 349 g/mol.